The van der Waals surface area contributed by atoms with Gasteiger partial charge < -0.3 is 4.74 Å². The minimum Gasteiger partial charge on any atom is -0.378 e. The lowest BCUT2D eigenvalue weighted by atomic mass is 10.4. The van der Waals surface area contributed by atoms with Crippen molar-refractivity contribution in [2.24, 2.45) is 10.3 Å². The predicted octanol–water partition coefficient (Wildman–Crippen LogP) is 1.05. The van der Waals surface area contributed by atoms with Crippen LogP contribution in [0.2, 0.25) is 0 Å². The largest absolute Gasteiger partial charge is 0.378 e. The van der Waals surface area contributed by atoms with Gasteiger partial charge in [0, 0.05) is 0 Å². The molecule has 0 spiro atoms. The third-order valence-corrected chi connectivity index (χ3v) is 2.07. The molecule has 0 saturated carbocycles. The Morgan fingerprint density at radius 1 is 1.50 bits per heavy atom. The van der Waals surface area contributed by atoms with E-state index in [9.17, 15) is 0 Å². The SMILES string of the molecule is Cc1[nH]ncc1N=NN1CCOCC1. The molecular formula is C8H13N5O. The smallest absolute Gasteiger partial charge is 0.128 e. The number of nitrogens with one attached hydrogen (secondary N) is 1. The van der Waals surface area contributed by atoms with Gasteiger partial charge in [0.25, 0.3) is 0 Å². The van der Waals surface area contributed by atoms with Gasteiger partial charge in [0.05, 0.1) is 38.2 Å². The monoisotopic (exact) mass is 195 g/mol. The second kappa shape index (κ2) is 4.19. The van der Waals surface area contributed by atoms with Crippen LogP contribution in [0.4, 0.5) is 5.69 Å². The molecule has 1 aliphatic heterocycles. The second-order valence-corrected chi connectivity index (χ2v) is 3.14. The zero-order chi connectivity index (χ0) is 9.80. The number of aryl methyl sites for hydroxylation is 1. The molecule has 0 atom stereocenters. The highest BCUT2D eigenvalue weighted by atomic mass is 16.5. The molecule has 1 fully saturated rings. The lowest BCUT2D eigenvalue weighted by molar-refractivity contribution is 0.0353. The summed E-state index contributed by atoms with van der Waals surface area (Å²) in [7, 11) is 0. The van der Waals surface area contributed by atoms with E-state index in [0.29, 0.717) is 0 Å². The molecule has 1 N–H and O–H groups in total. The molecule has 1 aliphatic rings. The molecule has 0 amide bonds. The summed E-state index contributed by atoms with van der Waals surface area (Å²) in [5, 5.41) is 16.8. The Hall–Kier alpha value is -1.43. The van der Waals surface area contributed by atoms with Crippen LogP contribution in [0.5, 0.6) is 0 Å². The van der Waals surface area contributed by atoms with E-state index >= 15 is 0 Å². The molecule has 2 heterocycles. The Labute approximate surface area is 81.9 Å². The average molecular weight is 195 g/mol. The maximum Gasteiger partial charge on any atom is 0.128 e. The zero-order valence-corrected chi connectivity index (χ0v) is 8.10. The van der Waals surface area contributed by atoms with Crippen molar-refractivity contribution in [1.29, 1.82) is 0 Å². The lowest BCUT2D eigenvalue weighted by Gasteiger charge is -2.22. The fraction of sp³-hybridized carbons (Fsp3) is 0.625. The standard InChI is InChI=1S/C8H13N5O/c1-7-8(6-9-10-7)11-12-13-2-4-14-5-3-13/h6H,2-5H2,1H3,(H,9,10). The Balaban J connectivity index is 1.95. The Bertz CT molecular complexity index is 315. The predicted molar refractivity (Wildman–Crippen MR) is 50.2 cm³/mol. The molecule has 6 heteroatoms. The van der Waals surface area contributed by atoms with Crippen LogP contribution >= 0.6 is 0 Å². The second-order valence-electron chi connectivity index (χ2n) is 3.14. The Morgan fingerprint density at radius 3 is 2.93 bits per heavy atom. The number of aromatic amines is 1. The van der Waals surface area contributed by atoms with E-state index in [0.717, 1.165) is 37.7 Å². The first kappa shape index (κ1) is 9.14. The highest BCUT2D eigenvalue weighted by molar-refractivity contribution is 5.36. The molecule has 76 valence electrons. The zero-order valence-electron chi connectivity index (χ0n) is 8.10. The molecular weight excluding hydrogens is 182 g/mol. The number of hydrogen-bond donors (Lipinski definition) is 1. The van der Waals surface area contributed by atoms with Crippen LogP contribution < -0.4 is 0 Å². The van der Waals surface area contributed by atoms with Gasteiger partial charge in [0.1, 0.15) is 5.69 Å². The Morgan fingerprint density at radius 2 is 2.29 bits per heavy atom. The number of ether oxygens (including phenoxy) is 1. The first-order chi connectivity index (χ1) is 6.86. The highest BCUT2D eigenvalue weighted by Crippen LogP contribution is 2.15. The summed E-state index contributed by atoms with van der Waals surface area (Å²) in [6.07, 6.45) is 1.67. The quantitative estimate of drug-likeness (QED) is 0.717. The number of rotatable bonds is 2. The van der Waals surface area contributed by atoms with Crippen molar-refractivity contribution >= 4 is 5.69 Å². The number of aromatic nitrogens is 2. The lowest BCUT2D eigenvalue weighted by Crippen LogP contribution is -2.31. The van der Waals surface area contributed by atoms with Gasteiger partial charge in [-0.15, -0.1) is 5.11 Å². The van der Waals surface area contributed by atoms with Crippen LogP contribution in [0, 0.1) is 6.92 Å². The molecule has 14 heavy (non-hydrogen) atoms. The van der Waals surface area contributed by atoms with Gasteiger partial charge in [-0.3, -0.25) is 10.1 Å². The van der Waals surface area contributed by atoms with Gasteiger partial charge in [-0.25, -0.2) is 0 Å². The molecule has 6 nitrogen and oxygen atoms in total. The van der Waals surface area contributed by atoms with Gasteiger partial charge in [-0.1, -0.05) is 5.22 Å². The van der Waals surface area contributed by atoms with Crippen LogP contribution in [0.25, 0.3) is 0 Å². The fourth-order valence-corrected chi connectivity index (χ4v) is 1.20. The number of morpholine rings is 1. The normalized spacial score (nSPS) is 17.9. The van der Waals surface area contributed by atoms with Gasteiger partial charge >= 0.3 is 0 Å². The molecule has 2 rings (SSSR count). The summed E-state index contributed by atoms with van der Waals surface area (Å²) in [6.45, 7) is 4.98. The van der Waals surface area contributed by atoms with E-state index in [-0.39, 0.29) is 0 Å². The first-order valence-electron chi connectivity index (χ1n) is 4.60. The van der Waals surface area contributed by atoms with E-state index in [4.69, 9.17) is 4.74 Å². The number of H-pyrrole nitrogens is 1. The van der Waals surface area contributed by atoms with Crippen molar-refractivity contribution in [1.82, 2.24) is 15.2 Å². The number of hydrogen-bond acceptors (Lipinski definition) is 4. The van der Waals surface area contributed by atoms with Crippen LogP contribution in [0.3, 0.4) is 0 Å². The van der Waals surface area contributed by atoms with Gasteiger partial charge in [0.15, 0.2) is 0 Å². The van der Waals surface area contributed by atoms with Gasteiger partial charge in [-0.05, 0) is 6.92 Å². The van der Waals surface area contributed by atoms with Crippen molar-refractivity contribution in [3.8, 4) is 0 Å². The summed E-state index contributed by atoms with van der Waals surface area (Å²) in [4.78, 5) is 0. The summed E-state index contributed by atoms with van der Waals surface area (Å²) >= 11 is 0. The minimum absolute atomic E-state index is 0.726. The first-order valence-corrected chi connectivity index (χ1v) is 4.60. The van der Waals surface area contributed by atoms with Crippen LogP contribution in [0.15, 0.2) is 16.5 Å². The maximum absolute atomic E-state index is 5.20. The van der Waals surface area contributed by atoms with E-state index in [1.165, 1.54) is 0 Å². The van der Waals surface area contributed by atoms with Crippen LogP contribution in [-0.2, 0) is 4.74 Å². The fourth-order valence-electron chi connectivity index (χ4n) is 1.20. The van der Waals surface area contributed by atoms with Crippen molar-refractivity contribution in [3.63, 3.8) is 0 Å². The summed E-state index contributed by atoms with van der Waals surface area (Å²) < 4.78 is 5.20. The summed E-state index contributed by atoms with van der Waals surface area (Å²) in [6, 6.07) is 0. The van der Waals surface area contributed by atoms with E-state index in [1.807, 2.05) is 11.9 Å². The number of nitrogens with zero attached hydrogens (tertiary/aromatic N) is 4. The van der Waals surface area contributed by atoms with Crippen LogP contribution in [-0.4, -0.2) is 41.5 Å². The van der Waals surface area contributed by atoms with Crippen molar-refractivity contribution < 1.29 is 4.74 Å². The van der Waals surface area contributed by atoms with Crippen molar-refractivity contribution in [2.45, 2.75) is 6.92 Å². The van der Waals surface area contributed by atoms with Gasteiger partial charge in [0.2, 0.25) is 0 Å². The van der Waals surface area contributed by atoms with Gasteiger partial charge in [-0.2, -0.15) is 5.10 Å². The molecule has 1 aromatic heterocycles. The Kier molecular flexibility index (Phi) is 2.73. The third-order valence-electron chi connectivity index (χ3n) is 2.07. The van der Waals surface area contributed by atoms with Crippen molar-refractivity contribution in [3.05, 3.63) is 11.9 Å². The molecule has 0 bridgehead atoms. The van der Waals surface area contributed by atoms with E-state index < -0.39 is 0 Å². The average Bonchev–Trinajstić information content (AvgIpc) is 2.63. The highest BCUT2D eigenvalue weighted by Gasteiger charge is 2.07. The van der Waals surface area contributed by atoms with E-state index in [2.05, 4.69) is 20.5 Å². The maximum atomic E-state index is 5.20. The summed E-state index contributed by atoms with van der Waals surface area (Å²) in [5.41, 5.74) is 1.72. The molecule has 0 unspecified atom stereocenters. The molecule has 1 saturated heterocycles. The topological polar surface area (TPSA) is 65.9 Å². The molecule has 0 aromatic carbocycles. The van der Waals surface area contributed by atoms with Crippen LogP contribution in [0.1, 0.15) is 5.69 Å². The third kappa shape index (κ3) is 2.08. The van der Waals surface area contributed by atoms with E-state index in [1.54, 1.807) is 6.20 Å². The molecule has 0 aliphatic carbocycles. The molecule has 1 aromatic rings. The molecule has 0 radical (unpaired) electrons. The van der Waals surface area contributed by atoms with Crippen molar-refractivity contribution in [2.75, 3.05) is 26.3 Å². The summed E-state index contributed by atoms with van der Waals surface area (Å²) in [5.74, 6) is 0. The minimum atomic E-state index is 0.726.